The molecule has 3 aromatic rings. The van der Waals surface area contributed by atoms with E-state index in [2.05, 4.69) is 15.3 Å². The predicted molar refractivity (Wildman–Crippen MR) is 101 cm³/mol. The van der Waals surface area contributed by atoms with Crippen LogP contribution in [-0.4, -0.2) is 40.8 Å². The van der Waals surface area contributed by atoms with Crippen molar-refractivity contribution in [3.63, 3.8) is 0 Å². The molecule has 6 nitrogen and oxygen atoms in total. The Balaban J connectivity index is 1.92. The SMILES string of the molecule is COC(=O)c1ccc2c(NC(CO)Cc3ccccc3)nc(Cl)nc2c1. The van der Waals surface area contributed by atoms with Crippen LogP contribution in [0.4, 0.5) is 5.82 Å². The number of hydrogen-bond acceptors (Lipinski definition) is 6. The number of rotatable bonds is 6. The summed E-state index contributed by atoms with van der Waals surface area (Å²) in [5.41, 5.74) is 1.99. The van der Waals surface area contributed by atoms with Gasteiger partial charge >= 0.3 is 5.97 Å². The third kappa shape index (κ3) is 4.09. The van der Waals surface area contributed by atoms with Crippen molar-refractivity contribution in [3.05, 3.63) is 64.9 Å². The molecule has 0 aliphatic carbocycles. The van der Waals surface area contributed by atoms with E-state index in [1.807, 2.05) is 30.3 Å². The highest BCUT2D eigenvalue weighted by Crippen LogP contribution is 2.24. The maximum absolute atomic E-state index is 11.7. The van der Waals surface area contributed by atoms with Crippen molar-refractivity contribution in [2.75, 3.05) is 19.0 Å². The van der Waals surface area contributed by atoms with Gasteiger partial charge in [-0.1, -0.05) is 30.3 Å². The van der Waals surface area contributed by atoms with Crippen molar-refractivity contribution in [1.82, 2.24) is 9.97 Å². The average molecular weight is 372 g/mol. The minimum Gasteiger partial charge on any atom is -0.465 e. The molecule has 0 amide bonds. The monoisotopic (exact) mass is 371 g/mol. The lowest BCUT2D eigenvalue weighted by Crippen LogP contribution is -2.27. The molecular formula is C19H18ClN3O3. The van der Waals surface area contributed by atoms with Crippen LogP contribution in [0.3, 0.4) is 0 Å². The summed E-state index contributed by atoms with van der Waals surface area (Å²) < 4.78 is 4.73. The Morgan fingerprint density at radius 3 is 2.69 bits per heavy atom. The summed E-state index contributed by atoms with van der Waals surface area (Å²) in [6.45, 7) is -0.0712. The quantitative estimate of drug-likeness (QED) is 0.511. The largest absolute Gasteiger partial charge is 0.465 e. The predicted octanol–water partition coefficient (Wildman–Crippen LogP) is 3.09. The molecule has 0 fully saturated rings. The second-order valence-corrected chi connectivity index (χ2v) is 6.12. The number of methoxy groups -OCH3 is 1. The van der Waals surface area contributed by atoms with Gasteiger partial charge in [0.25, 0.3) is 0 Å². The molecule has 0 radical (unpaired) electrons. The summed E-state index contributed by atoms with van der Waals surface area (Å²) >= 11 is 6.04. The van der Waals surface area contributed by atoms with E-state index in [0.717, 1.165) is 5.56 Å². The number of benzene rings is 2. The van der Waals surface area contributed by atoms with Gasteiger partial charge in [0.15, 0.2) is 0 Å². The average Bonchev–Trinajstić information content (AvgIpc) is 2.66. The minimum absolute atomic E-state index is 0.0541. The molecule has 0 aliphatic heterocycles. The maximum Gasteiger partial charge on any atom is 0.337 e. The second kappa shape index (κ2) is 8.12. The van der Waals surface area contributed by atoms with Gasteiger partial charge in [-0.2, -0.15) is 0 Å². The minimum atomic E-state index is -0.451. The van der Waals surface area contributed by atoms with Crippen LogP contribution in [-0.2, 0) is 11.2 Å². The lowest BCUT2D eigenvalue weighted by molar-refractivity contribution is 0.0601. The smallest absolute Gasteiger partial charge is 0.337 e. The van der Waals surface area contributed by atoms with Crippen LogP contribution in [0.25, 0.3) is 10.9 Å². The van der Waals surface area contributed by atoms with Gasteiger partial charge in [0, 0.05) is 5.39 Å². The van der Waals surface area contributed by atoms with E-state index < -0.39 is 5.97 Å². The van der Waals surface area contributed by atoms with Gasteiger partial charge < -0.3 is 15.2 Å². The van der Waals surface area contributed by atoms with Crippen LogP contribution in [0.1, 0.15) is 15.9 Å². The summed E-state index contributed by atoms with van der Waals surface area (Å²) in [6, 6.07) is 14.6. The first-order chi connectivity index (χ1) is 12.6. The molecule has 0 saturated carbocycles. The summed E-state index contributed by atoms with van der Waals surface area (Å²) in [5.74, 6) is 0.0554. The van der Waals surface area contributed by atoms with Gasteiger partial charge in [-0.3, -0.25) is 0 Å². The molecule has 0 spiro atoms. The first-order valence-corrected chi connectivity index (χ1v) is 8.45. The Morgan fingerprint density at radius 2 is 2.00 bits per heavy atom. The normalized spacial score (nSPS) is 12.0. The zero-order valence-electron chi connectivity index (χ0n) is 14.1. The molecule has 134 valence electrons. The molecule has 1 aromatic heterocycles. The Kier molecular flexibility index (Phi) is 5.65. The fraction of sp³-hybridized carbons (Fsp3) is 0.211. The van der Waals surface area contributed by atoms with Crippen molar-refractivity contribution in [3.8, 4) is 0 Å². The van der Waals surface area contributed by atoms with Crippen molar-refractivity contribution >= 4 is 34.3 Å². The summed E-state index contributed by atoms with van der Waals surface area (Å²) in [4.78, 5) is 20.1. The van der Waals surface area contributed by atoms with E-state index in [1.165, 1.54) is 7.11 Å². The van der Waals surface area contributed by atoms with Crippen molar-refractivity contribution < 1.29 is 14.6 Å². The Hall–Kier alpha value is -2.70. The molecule has 26 heavy (non-hydrogen) atoms. The number of nitrogens with zero attached hydrogens (tertiary/aromatic N) is 2. The molecular weight excluding hydrogens is 354 g/mol. The molecule has 2 aromatic carbocycles. The molecule has 0 aliphatic rings. The Labute approximate surface area is 155 Å². The molecule has 2 N–H and O–H groups in total. The van der Waals surface area contributed by atoms with Gasteiger partial charge in [0.2, 0.25) is 5.28 Å². The summed E-state index contributed by atoms with van der Waals surface area (Å²) in [6.07, 6.45) is 0.626. The molecule has 7 heteroatoms. The fourth-order valence-electron chi connectivity index (χ4n) is 2.71. The summed E-state index contributed by atoms with van der Waals surface area (Å²) in [7, 11) is 1.32. The van der Waals surface area contributed by atoms with E-state index in [1.54, 1.807) is 18.2 Å². The number of anilines is 1. The van der Waals surface area contributed by atoms with Crippen LogP contribution in [0.15, 0.2) is 48.5 Å². The summed E-state index contributed by atoms with van der Waals surface area (Å²) in [5, 5.41) is 13.7. The van der Waals surface area contributed by atoms with Crippen molar-refractivity contribution in [2.45, 2.75) is 12.5 Å². The molecule has 0 saturated heterocycles. The maximum atomic E-state index is 11.7. The number of esters is 1. The van der Waals surface area contributed by atoms with E-state index in [-0.39, 0.29) is 17.9 Å². The standard InChI is InChI=1S/C19H18ClN3O3/c1-26-18(25)13-7-8-15-16(10-13)22-19(20)23-17(15)21-14(11-24)9-12-5-3-2-4-6-12/h2-8,10,14,24H,9,11H2,1H3,(H,21,22,23). The number of ether oxygens (including phenoxy) is 1. The Bertz CT molecular complexity index is 919. The van der Waals surface area contributed by atoms with E-state index in [0.29, 0.717) is 28.7 Å². The van der Waals surface area contributed by atoms with Crippen LogP contribution >= 0.6 is 11.6 Å². The number of nitrogens with one attached hydrogen (secondary N) is 1. The highest BCUT2D eigenvalue weighted by molar-refractivity contribution is 6.28. The lowest BCUT2D eigenvalue weighted by atomic mass is 10.1. The van der Waals surface area contributed by atoms with E-state index >= 15 is 0 Å². The van der Waals surface area contributed by atoms with Crippen molar-refractivity contribution in [2.24, 2.45) is 0 Å². The zero-order valence-corrected chi connectivity index (χ0v) is 14.9. The third-order valence-corrected chi connectivity index (χ3v) is 4.15. The van der Waals surface area contributed by atoms with Crippen LogP contribution < -0.4 is 5.32 Å². The number of fused-ring (bicyclic) bond motifs is 1. The second-order valence-electron chi connectivity index (χ2n) is 5.78. The van der Waals surface area contributed by atoms with Gasteiger partial charge in [-0.25, -0.2) is 14.8 Å². The highest BCUT2D eigenvalue weighted by Gasteiger charge is 2.15. The van der Waals surface area contributed by atoms with Crippen molar-refractivity contribution in [1.29, 1.82) is 0 Å². The molecule has 0 bridgehead atoms. The van der Waals surface area contributed by atoms with Gasteiger partial charge in [0.1, 0.15) is 5.82 Å². The number of hydrogen-bond donors (Lipinski definition) is 2. The lowest BCUT2D eigenvalue weighted by Gasteiger charge is -2.18. The number of halogens is 1. The molecule has 1 unspecified atom stereocenters. The van der Waals surface area contributed by atoms with E-state index in [9.17, 15) is 9.90 Å². The van der Waals surface area contributed by atoms with Gasteiger partial charge in [0.05, 0.1) is 30.8 Å². The first kappa shape index (κ1) is 18.1. The fourth-order valence-corrected chi connectivity index (χ4v) is 2.88. The molecule has 1 heterocycles. The number of aromatic nitrogens is 2. The topological polar surface area (TPSA) is 84.3 Å². The third-order valence-electron chi connectivity index (χ3n) is 3.98. The van der Waals surface area contributed by atoms with Crippen LogP contribution in [0.2, 0.25) is 5.28 Å². The Morgan fingerprint density at radius 1 is 1.23 bits per heavy atom. The van der Waals surface area contributed by atoms with Crippen LogP contribution in [0.5, 0.6) is 0 Å². The first-order valence-electron chi connectivity index (χ1n) is 8.07. The number of aliphatic hydroxyl groups is 1. The van der Waals surface area contributed by atoms with Gasteiger partial charge in [-0.15, -0.1) is 0 Å². The number of carbonyl (C=O) groups excluding carboxylic acids is 1. The number of aliphatic hydroxyl groups excluding tert-OH is 1. The van der Waals surface area contributed by atoms with E-state index in [4.69, 9.17) is 16.3 Å². The highest BCUT2D eigenvalue weighted by atomic mass is 35.5. The zero-order chi connectivity index (χ0) is 18.5. The molecule has 1 atom stereocenters. The van der Waals surface area contributed by atoms with Crippen LogP contribution in [0, 0.1) is 0 Å². The molecule has 3 rings (SSSR count). The number of carbonyl (C=O) groups is 1. The van der Waals surface area contributed by atoms with Gasteiger partial charge in [-0.05, 0) is 41.8 Å².